The molecule has 0 amide bonds. The lowest BCUT2D eigenvalue weighted by atomic mass is 10.2. The van der Waals surface area contributed by atoms with Gasteiger partial charge in [0.05, 0.1) is 0 Å². The first kappa shape index (κ1) is 12.8. The molecule has 0 fully saturated rings. The van der Waals surface area contributed by atoms with Crippen molar-refractivity contribution in [2.45, 2.75) is 13.5 Å². The minimum atomic E-state index is -0.342. The number of nitrogens with one attached hydrogen (secondary N) is 1. The molecule has 0 aliphatic heterocycles. The van der Waals surface area contributed by atoms with E-state index in [1.54, 1.807) is 16.6 Å². The van der Waals surface area contributed by atoms with E-state index in [9.17, 15) is 4.39 Å². The number of aryl methyl sites for hydroxylation is 1. The number of anilines is 1. The molecule has 0 spiro atoms. The molecule has 3 rings (SSSR count). The standard InChI is InChI=1S/C13H11ClFN5/c1-8-5-12(20-13(19-8)17-7-18-20)16-6-9-10(14)3-2-4-11(9)15/h2-5,7,16H,6H2,1H3. The van der Waals surface area contributed by atoms with E-state index in [0.717, 1.165) is 5.69 Å². The molecule has 102 valence electrons. The Hall–Kier alpha value is -2.21. The average molecular weight is 292 g/mol. The van der Waals surface area contributed by atoms with Crippen LogP contribution in [0.3, 0.4) is 0 Å². The van der Waals surface area contributed by atoms with Gasteiger partial charge in [-0.15, -0.1) is 0 Å². The zero-order valence-corrected chi connectivity index (χ0v) is 11.4. The van der Waals surface area contributed by atoms with Crippen molar-refractivity contribution < 1.29 is 4.39 Å². The lowest BCUT2D eigenvalue weighted by molar-refractivity contribution is 0.613. The molecule has 2 heterocycles. The molecule has 0 unspecified atom stereocenters. The molecule has 0 atom stereocenters. The minimum Gasteiger partial charge on any atom is -0.366 e. The van der Waals surface area contributed by atoms with Gasteiger partial charge < -0.3 is 5.32 Å². The summed E-state index contributed by atoms with van der Waals surface area (Å²) in [7, 11) is 0. The van der Waals surface area contributed by atoms with E-state index in [4.69, 9.17) is 11.6 Å². The summed E-state index contributed by atoms with van der Waals surface area (Å²) >= 11 is 6.00. The Morgan fingerprint density at radius 3 is 3.05 bits per heavy atom. The van der Waals surface area contributed by atoms with Crippen LogP contribution >= 0.6 is 11.6 Å². The van der Waals surface area contributed by atoms with E-state index in [2.05, 4.69) is 20.4 Å². The maximum Gasteiger partial charge on any atom is 0.254 e. The van der Waals surface area contributed by atoms with Gasteiger partial charge in [0.2, 0.25) is 0 Å². The van der Waals surface area contributed by atoms with E-state index < -0.39 is 0 Å². The van der Waals surface area contributed by atoms with Crippen molar-refractivity contribution in [1.82, 2.24) is 19.6 Å². The number of aromatic nitrogens is 4. The van der Waals surface area contributed by atoms with Gasteiger partial charge >= 0.3 is 0 Å². The number of hydrogen-bond donors (Lipinski definition) is 1. The Bertz CT molecular complexity index is 750. The second-order valence-corrected chi connectivity index (χ2v) is 4.72. The maximum absolute atomic E-state index is 13.7. The van der Waals surface area contributed by atoms with Crippen LogP contribution in [0.5, 0.6) is 0 Å². The van der Waals surface area contributed by atoms with Crippen molar-refractivity contribution in [3.63, 3.8) is 0 Å². The molecule has 0 radical (unpaired) electrons. The number of halogens is 2. The van der Waals surface area contributed by atoms with Crippen molar-refractivity contribution in [3.8, 4) is 0 Å². The van der Waals surface area contributed by atoms with Gasteiger partial charge in [0.15, 0.2) is 0 Å². The van der Waals surface area contributed by atoms with Crippen molar-refractivity contribution in [2.75, 3.05) is 5.32 Å². The van der Waals surface area contributed by atoms with E-state index in [0.29, 0.717) is 22.2 Å². The van der Waals surface area contributed by atoms with Gasteiger partial charge in [-0.25, -0.2) is 9.37 Å². The van der Waals surface area contributed by atoms with Crippen LogP contribution in [0.4, 0.5) is 10.2 Å². The van der Waals surface area contributed by atoms with E-state index in [-0.39, 0.29) is 12.4 Å². The smallest absolute Gasteiger partial charge is 0.254 e. The Kier molecular flexibility index (Phi) is 3.23. The van der Waals surface area contributed by atoms with Crippen LogP contribution in [-0.2, 0) is 6.54 Å². The van der Waals surface area contributed by atoms with Crippen LogP contribution < -0.4 is 5.32 Å². The van der Waals surface area contributed by atoms with Crippen LogP contribution in [-0.4, -0.2) is 19.6 Å². The van der Waals surface area contributed by atoms with Gasteiger partial charge in [-0.05, 0) is 19.1 Å². The Morgan fingerprint density at radius 2 is 2.25 bits per heavy atom. The molecule has 0 saturated heterocycles. The van der Waals surface area contributed by atoms with Gasteiger partial charge in [0.25, 0.3) is 5.78 Å². The number of benzene rings is 1. The Morgan fingerprint density at radius 1 is 1.40 bits per heavy atom. The molecule has 20 heavy (non-hydrogen) atoms. The fourth-order valence-electron chi connectivity index (χ4n) is 1.94. The monoisotopic (exact) mass is 291 g/mol. The molecular formula is C13H11ClFN5. The van der Waals surface area contributed by atoms with Gasteiger partial charge in [-0.3, -0.25) is 0 Å². The third kappa shape index (κ3) is 2.30. The summed E-state index contributed by atoms with van der Waals surface area (Å²) in [6, 6.07) is 6.43. The minimum absolute atomic E-state index is 0.254. The summed E-state index contributed by atoms with van der Waals surface area (Å²) in [6.07, 6.45) is 1.42. The van der Waals surface area contributed by atoms with Crippen LogP contribution in [0, 0.1) is 12.7 Å². The molecule has 1 N–H and O–H groups in total. The molecule has 1 aromatic carbocycles. The van der Waals surface area contributed by atoms with E-state index in [1.807, 2.05) is 13.0 Å². The molecule has 0 aliphatic rings. The Balaban J connectivity index is 1.92. The molecule has 7 heteroatoms. The van der Waals surface area contributed by atoms with Crippen LogP contribution in [0.2, 0.25) is 5.02 Å². The highest BCUT2D eigenvalue weighted by Gasteiger charge is 2.09. The summed E-state index contributed by atoms with van der Waals surface area (Å²) in [5.74, 6) is 0.835. The fourth-order valence-corrected chi connectivity index (χ4v) is 2.17. The molecule has 5 nitrogen and oxygen atoms in total. The average Bonchev–Trinajstić information content (AvgIpc) is 2.86. The SMILES string of the molecule is Cc1cc(NCc2c(F)cccc2Cl)n2ncnc2n1. The van der Waals surface area contributed by atoms with Gasteiger partial charge in [0.1, 0.15) is 18.0 Å². The summed E-state index contributed by atoms with van der Waals surface area (Å²) in [5.41, 5.74) is 1.21. The quantitative estimate of drug-likeness (QED) is 0.806. The molecule has 3 aromatic rings. The van der Waals surface area contributed by atoms with Crippen LogP contribution in [0.15, 0.2) is 30.6 Å². The number of fused-ring (bicyclic) bond motifs is 1. The zero-order chi connectivity index (χ0) is 14.1. The summed E-state index contributed by atoms with van der Waals surface area (Å²) in [6.45, 7) is 2.11. The van der Waals surface area contributed by atoms with Gasteiger partial charge in [0, 0.05) is 28.9 Å². The van der Waals surface area contributed by atoms with Crippen molar-refractivity contribution in [1.29, 1.82) is 0 Å². The first-order chi connectivity index (χ1) is 9.65. The number of rotatable bonds is 3. The highest BCUT2D eigenvalue weighted by atomic mass is 35.5. The second-order valence-electron chi connectivity index (χ2n) is 4.31. The zero-order valence-electron chi connectivity index (χ0n) is 10.6. The maximum atomic E-state index is 13.7. The third-order valence-electron chi connectivity index (χ3n) is 2.89. The highest BCUT2D eigenvalue weighted by molar-refractivity contribution is 6.31. The first-order valence-corrected chi connectivity index (χ1v) is 6.37. The van der Waals surface area contributed by atoms with Crippen molar-refractivity contribution >= 4 is 23.2 Å². The lowest BCUT2D eigenvalue weighted by Crippen LogP contribution is -2.08. The normalized spacial score (nSPS) is 10.9. The van der Waals surface area contributed by atoms with Gasteiger partial charge in [-0.1, -0.05) is 17.7 Å². The van der Waals surface area contributed by atoms with Crippen molar-refractivity contribution in [3.05, 3.63) is 52.7 Å². The highest BCUT2D eigenvalue weighted by Crippen LogP contribution is 2.20. The molecule has 0 aliphatic carbocycles. The van der Waals surface area contributed by atoms with Crippen LogP contribution in [0.1, 0.15) is 11.3 Å². The third-order valence-corrected chi connectivity index (χ3v) is 3.24. The van der Waals surface area contributed by atoms with E-state index >= 15 is 0 Å². The number of nitrogens with zero attached hydrogens (tertiary/aromatic N) is 4. The first-order valence-electron chi connectivity index (χ1n) is 5.99. The summed E-state index contributed by atoms with van der Waals surface area (Å²) in [5, 5.41) is 7.57. The summed E-state index contributed by atoms with van der Waals surface area (Å²) < 4.78 is 15.3. The van der Waals surface area contributed by atoms with E-state index in [1.165, 1.54) is 12.4 Å². The van der Waals surface area contributed by atoms with Crippen LogP contribution in [0.25, 0.3) is 5.78 Å². The lowest BCUT2D eigenvalue weighted by Gasteiger charge is -2.10. The predicted molar refractivity (Wildman–Crippen MR) is 74.3 cm³/mol. The van der Waals surface area contributed by atoms with Gasteiger partial charge in [-0.2, -0.15) is 14.6 Å². The topological polar surface area (TPSA) is 55.1 Å². The molecular weight excluding hydrogens is 281 g/mol. The largest absolute Gasteiger partial charge is 0.366 e. The number of hydrogen-bond acceptors (Lipinski definition) is 4. The molecule has 0 bridgehead atoms. The fraction of sp³-hybridized carbons (Fsp3) is 0.154. The summed E-state index contributed by atoms with van der Waals surface area (Å²) in [4.78, 5) is 8.27. The second kappa shape index (κ2) is 5.05. The molecule has 0 saturated carbocycles. The molecule has 2 aromatic heterocycles. The Labute approximate surface area is 119 Å². The predicted octanol–water partition coefficient (Wildman–Crippen LogP) is 2.84. The van der Waals surface area contributed by atoms with Crippen molar-refractivity contribution in [2.24, 2.45) is 0 Å².